The predicted molar refractivity (Wildman–Crippen MR) is 83.1 cm³/mol. The first-order valence-corrected chi connectivity index (χ1v) is 7.45. The largest absolute Gasteiger partial charge is 0.480 e. The summed E-state index contributed by atoms with van der Waals surface area (Å²) in [6.45, 7) is 1.87. The number of benzene rings is 1. The molecule has 1 heterocycles. The highest BCUT2D eigenvalue weighted by Gasteiger charge is 2.22. The molecule has 0 aliphatic heterocycles. The minimum atomic E-state index is -1.15. The fourth-order valence-electron chi connectivity index (χ4n) is 1.89. The molecular weight excluding hydrogens is 304 g/mol. The van der Waals surface area contributed by atoms with Crippen molar-refractivity contribution in [2.45, 2.75) is 13.0 Å². The highest BCUT2D eigenvalue weighted by Crippen LogP contribution is 2.26. The number of methoxy groups -OCH3 is 1. The molecule has 2 aromatic rings. The molecule has 0 saturated heterocycles. The van der Waals surface area contributed by atoms with Gasteiger partial charge in [-0.15, -0.1) is 11.3 Å². The maximum absolute atomic E-state index is 12.1. The van der Waals surface area contributed by atoms with Crippen LogP contribution in [-0.2, 0) is 9.53 Å². The Morgan fingerprint density at radius 3 is 2.77 bits per heavy atom. The zero-order chi connectivity index (χ0) is 16.1. The van der Waals surface area contributed by atoms with Crippen molar-refractivity contribution >= 4 is 23.2 Å². The van der Waals surface area contributed by atoms with Gasteiger partial charge in [-0.25, -0.2) is 9.78 Å². The second-order valence-corrected chi connectivity index (χ2v) is 5.53. The number of rotatable bonds is 6. The Morgan fingerprint density at radius 2 is 2.14 bits per heavy atom. The van der Waals surface area contributed by atoms with Gasteiger partial charge in [0.1, 0.15) is 10.7 Å². The van der Waals surface area contributed by atoms with Crippen molar-refractivity contribution < 1.29 is 19.4 Å². The molecule has 2 rings (SSSR count). The molecule has 7 heteroatoms. The molecule has 1 atom stereocenters. The van der Waals surface area contributed by atoms with Crippen LogP contribution in [0.15, 0.2) is 29.6 Å². The van der Waals surface area contributed by atoms with Crippen LogP contribution in [0.2, 0.25) is 0 Å². The maximum atomic E-state index is 12.1. The molecule has 1 aromatic heterocycles. The van der Waals surface area contributed by atoms with E-state index < -0.39 is 17.9 Å². The summed E-state index contributed by atoms with van der Waals surface area (Å²) in [6.07, 6.45) is 0. The van der Waals surface area contributed by atoms with Crippen LogP contribution in [0, 0.1) is 6.92 Å². The van der Waals surface area contributed by atoms with Crippen LogP contribution < -0.4 is 5.32 Å². The van der Waals surface area contributed by atoms with Gasteiger partial charge in [-0.3, -0.25) is 4.79 Å². The van der Waals surface area contributed by atoms with Crippen molar-refractivity contribution in [2.75, 3.05) is 13.7 Å². The van der Waals surface area contributed by atoms with Gasteiger partial charge in [0, 0.05) is 18.1 Å². The number of thiazole rings is 1. The molecule has 22 heavy (non-hydrogen) atoms. The van der Waals surface area contributed by atoms with Crippen LogP contribution in [0.1, 0.15) is 16.1 Å². The smallest absolute Gasteiger partial charge is 0.328 e. The first-order valence-electron chi connectivity index (χ1n) is 6.57. The van der Waals surface area contributed by atoms with Crippen LogP contribution in [0.5, 0.6) is 0 Å². The molecule has 0 bridgehead atoms. The molecule has 116 valence electrons. The van der Waals surface area contributed by atoms with Crippen molar-refractivity contribution in [1.29, 1.82) is 0 Å². The SMILES string of the molecule is COCC(NC(=O)c1csc(-c2ccccc2C)n1)C(=O)O. The van der Waals surface area contributed by atoms with Gasteiger partial charge in [-0.2, -0.15) is 0 Å². The Balaban J connectivity index is 2.16. The maximum Gasteiger partial charge on any atom is 0.328 e. The van der Waals surface area contributed by atoms with Crippen molar-refractivity contribution in [3.63, 3.8) is 0 Å². The number of aromatic nitrogens is 1. The monoisotopic (exact) mass is 320 g/mol. The minimum absolute atomic E-state index is 0.101. The molecule has 0 saturated carbocycles. The Hall–Kier alpha value is -2.25. The van der Waals surface area contributed by atoms with Gasteiger partial charge in [0.25, 0.3) is 5.91 Å². The predicted octanol–water partition coefficient (Wildman–Crippen LogP) is 1.95. The molecule has 0 fully saturated rings. The van der Waals surface area contributed by atoms with Gasteiger partial charge in [0.2, 0.25) is 0 Å². The van der Waals surface area contributed by atoms with E-state index >= 15 is 0 Å². The topological polar surface area (TPSA) is 88.5 Å². The van der Waals surface area contributed by atoms with Crippen molar-refractivity contribution in [2.24, 2.45) is 0 Å². The van der Waals surface area contributed by atoms with E-state index in [1.807, 2.05) is 31.2 Å². The van der Waals surface area contributed by atoms with Gasteiger partial charge >= 0.3 is 5.97 Å². The number of ether oxygens (including phenoxy) is 1. The van der Waals surface area contributed by atoms with E-state index in [0.717, 1.165) is 16.1 Å². The number of amides is 1. The van der Waals surface area contributed by atoms with Gasteiger partial charge in [-0.1, -0.05) is 24.3 Å². The third-order valence-electron chi connectivity index (χ3n) is 3.05. The summed E-state index contributed by atoms with van der Waals surface area (Å²) in [5.41, 5.74) is 2.22. The Kier molecular flexibility index (Phi) is 5.24. The zero-order valence-corrected chi connectivity index (χ0v) is 13.0. The van der Waals surface area contributed by atoms with Crippen LogP contribution in [0.25, 0.3) is 10.6 Å². The first kappa shape index (κ1) is 16.1. The molecule has 1 amide bonds. The standard InChI is InChI=1S/C15H16N2O4S/c1-9-5-3-4-6-10(9)14-17-12(8-22-14)13(18)16-11(7-21-2)15(19)20/h3-6,8,11H,7H2,1-2H3,(H,16,18)(H,19,20). The average Bonchev–Trinajstić information content (AvgIpc) is 2.96. The zero-order valence-electron chi connectivity index (χ0n) is 12.2. The van der Waals surface area contributed by atoms with E-state index in [-0.39, 0.29) is 12.3 Å². The van der Waals surface area contributed by atoms with E-state index in [1.54, 1.807) is 5.38 Å². The summed E-state index contributed by atoms with van der Waals surface area (Å²) >= 11 is 1.34. The average molecular weight is 320 g/mol. The van der Waals surface area contributed by atoms with Crippen molar-refractivity contribution in [1.82, 2.24) is 10.3 Å². The summed E-state index contributed by atoms with van der Waals surface area (Å²) in [6, 6.07) is 6.64. The van der Waals surface area contributed by atoms with Crippen molar-refractivity contribution in [3.05, 3.63) is 40.9 Å². The molecule has 0 aliphatic rings. The molecule has 1 aromatic carbocycles. The van der Waals surface area contributed by atoms with Gasteiger partial charge in [0.05, 0.1) is 6.61 Å². The first-order chi connectivity index (χ1) is 10.5. The summed E-state index contributed by atoms with van der Waals surface area (Å²) in [5.74, 6) is -1.68. The van der Waals surface area contributed by atoms with Crippen LogP contribution in [-0.4, -0.2) is 41.7 Å². The molecule has 1 unspecified atom stereocenters. The number of carboxylic acid groups (broad SMARTS) is 1. The summed E-state index contributed by atoms with van der Waals surface area (Å²) < 4.78 is 4.78. The number of aryl methyl sites for hydroxylation is 1. The summed E-state index contributed by atoms with van der Waals surface area (Å²) in [4.78, 5) is 27.4. The van der Waals surface area contributed by atoms with Crippen LogP contribution in [0.3, 0.4) is 0 Å². The van der Waals surface area contributed by atoms with E-state index in [4.69, 9.17) is 9.84 Å². The number of hydrogen-bond donors (Lipinski definition) is 2. The highest BCUT2D eigenvalue weighted by atomic mass is 32.1. The lowest BCUT2D eigenvalue weighted by Gasteiger charge is -2.12. The number of carbonyl (C=O) groups excluding carboxylic acids is 1. The number of nitrogens with one attached hydrogen (secondary N) is 1. The fourth-order valence-corrected chi connectivity index (χ4v) is 2.78. The van der Waals surface area contributed by atoms with Crippen molar-refractivity contribution in [3.8, 4) is 10.6 Å². The second kappa shape index (κ2) is 7.15. The van der Waals surface area contributed by atoms with Gasteiger partial charge in [-0.05, 0) is 12.5 Å². The fraction of sp³-hybridized carbons (Fsp3) is 0.267. The van der Waals surface area contributed by atoms with E-state index in [9.17, 15) is 9.59 Å². The molecule has 6 nitrogen and oxygen atoms in total. The number of aliphatic carboxylic acids is 1. The summed E-state index contributed by atoms with van der Waals surface area (Å²) in [7, 11) is 1.38. The molecule has 0 aliphatic carbocycles. The number of hydrogen-bond acceptors (Lipinski definition) is 5. The second-order valence-electron chi connectivity index (χ2n) is 4.67. The Labute approximate surface area is 131 Å². The molecule has 0 spiro atoms. The van der Waals surface area contributed by atoms with E-state index in [2.05, 4.69) is 10.3 Å². The molecule has 0 radical (unpaired) electrons. The van der Waals surface area contributed by atoms with Gasteiger partial charge in [0.15, 0.2) is 6.04 Å². The highest BCUT2D eigenvalue weighted by molar-refractivity contribution is 7.13. The van der Waals surface area contributed by atoms with Gasteiger partial charge < -0.3 is 15.2 Å². The lowest BCUT2D eigenvalue weighted by atomic mass is 10.1. The molecule has 2 N–H and O–H groups in total. The van der Waals surface area contributed by atoms with E-state index in [0.29, 0.717) is 0 Å². The number of carbonyl (C=O) groups is 2. The lowest BCUT2D eigenvalue weighted by molar-refractivity contribution is -0.140. The Morgan fingerprint density at radius 1 is 1.41 bits per heavy atom. The minimum Gasteiger partial charge on any atom is -0.480 e. The van der Waals surface area contributed by atoms with E-state index in [1.165, 1.54) is 18.4 Å². The quantitative estimate of drug-likeness (QED) is 0.849. The van der Waals surface area contributed by atoms with Crippen LogP contribution >= 0.6 is 11.3 Å². The lowest BCUT2D eigenvalue weighted by Crippen LogP contribution is -2.43. The number of nitrogens with zero attached hydrogens (tertiary/aromatic N) is 1. The number of carboxylic acids is 1. The summed E-state index contributed by atoms with van der Waals surface area (Å²) in [5, 5.41) is 13.7. The Bertz CT molecular complexity index is 684. The molecular formula is C15H16N2O4S. The third kappa shape index (κ3) is 3.69. The normalized spacial score (nSPS) is 11.9. The third-order valence-corrected chi connectivity index (χ3v) is 3.92. The van der Waals surface area contributed by atoms with Crippen LogP contribution in [0.4, 0.5) is 0 Å².